The lowest BCUT2D eigenvalue weighted by molar-refractivity contribution is 0.0785. The molecule has 0 bridgehead atoms. The monoisotopic (exact) mass is 223 g/mol. The fourth-order valence-electron chi connectivity index (χ4n) is 3.02. The van der Waals surface area contributed by atoms with E-state index in [1.165, 1.54) is 77.5 Å². The van der Waals surface area contributed by atoms with E-state index < -0.39 is 0 Å². The standard InChI is InChI=1S/C14H27N2/c1-14(15-10-6-2-3-7-11-15)16-12-8-4-5-9-13-16/h14H,1-13H2. The average Bonchev–Trinajstić information content (AvgIpc) is 2.73. The van der Waals surface area contributed by atoms with E-state index in [1.807, 2.05) is 0 Å². The van der Waals surface area contributed by atoms with Crippen LogP contribution in [0.5, 0.6) is 0 Å². The van der Waals surface area contributed by atoms with E-state index in [9.17, 15) is 0 Å². The smallest absolute Gasteiger partial charge is 0.0623 e. The molecule has 2 aliphatic rings. The van der Waals surface area contributed by atoms with Gasteiger partial charge in [0, 0.05) is 0 Å². The highest BCUT2D eigenvalue weighted by molar-refractivity contribution is 4.78. The van der Waals surface area contributed by atoms with Gasteiger partial charge in [0.05, 0.1) is 6.17 Å². The molecule has 2 saturated heterocycles. The first-order chi connectivity index (χ1) is 7.88. The Hall–Kier alpha value is -0.0800. The molecule has 0 amide bonds. The predicted molar refractivity (Wildman–Crippen MR) is 69.2 cm³/mol. The van der Waals surface area contributed by atoms with Gasteiger partial charge in [-0.15, -0.1) is 0 Å². The molecular weight excluding hydrogens is 196 g/mol. The van der Waals surface area contributed by atoms with E-state index in [2.05, 4.69) is 16.7 Å². The molecule has 2 fully saturated rings. The van der Waals surface area contributed by atoms with Crippen LogP contribution in [0.25, 0.3) is 0 Å². The fraction of sp³-hybridized carbons (Fsp3) is 0.929. The van der Waals surface area contributed by atoms with Crippen molar-refractivity contribution in [2.24, 2.45) is 0 Å². The third-order valence-electron chi connectivity index (χ3n) is 4.12. The van der Waals surface area contributed by atoms with Gasteiger partial charge in [0.2, 0.25) is 0 Å². The van der Waals surface area contributed by atoms with Crippen LogP contribution in [-0.4, -0.2) is 42.1 Å². The molecule has 2 rings (SSSR count). The Balaban J connectivity index is 1.85. The molecular formula is C14H27N2. The molecule has 1 radical (unpaired) electrons. The molecule has 0 aliphatic carbocycles. The van der Waals surface area contributed by atoms with Crippen LogP contribution in [0.3, 0.4) is 0 Å². The van der Waals surface area contributed by atoms with Gasteiger partial charge < -0.3 is 0 Å². The summed E-state index contributed by atoms with van der Waals surface area (Å²) in [6.45, 7) is 9.49. The molecule has 16 heavy (non-hydrogen) atoms. The lowest BCUT2D eigenvalue weighted by Crippen LogP contribution is -2.47. The van der Waals surface area contributed by atoms with E-state index in [0.717, 1.165) is 0 Å². The van der Waals surface area contributed by atoms with Gasteiger partial charge in [0.15, 0.2) is 0 Å². The Morgan fingerprint density at radius 3 is 1.19 bits per heavy atom. The summed E-state index contributed by atoms with van der Waals surface area (Å²) in [6.07, 6.45) is 11.6. The Labute approximate surface area is 101 Å². The number of hydrogen-bond acceptors (Lipinski definition) is 2. The second-order valence-corrected chi connectivity index (χ2v) is 5.38. The molecule has 0 spiro atoms. The summed E-state index contributed by atoms with van der Waals surface area (Å²) in [5, 5.41) is 0. The van der Waals surface area contributed by atoms with Crippen molar-refractivity contribution in [2.75, 3.05) is 26.2 Å². The topological polar surface area (TPSA) is 6.48 Å². The van der Waals surface area contributed by atoms with Crippen molar-refractivity contribution in [1.29, 1.82) is 0 Å². The number of rotatable bonds is 2. The Morgan fingerprint density at radius 2 is 0.875 bits per heavy atom. The zero-order valence-corrected chi connectivity index (χ0v) is 10.7. The minimum atomic E-state index is 0.441. The summed E-state index contributed by atoms with van der Waals surface area (Å²) in [4.78, 5) is 5.22. The van der Waals surface area contributed by atoms with E-state index in [4.69, 9.17) is 0 Å². The van der Waals surface area contributed by atoms with Gasteiger partial charge in [-0.2, -0.15) is 0 Å². The Morgan fingerprint density at radius 1 is 0.562 bits per heavy atom. The van der Waals surface area contributed by atoms with E-state index in [1.54, 1.807) is 0 Å². The molecule has 0 aromatic rings. The minimum absolute atomic E-state index is 0.441. The highest BCUT2D eigenvalue weighted by atomic mass is 15.3. The quantitative estimate of drug-likeness (QED) is 0.710. The maximum absolute atomic E-state index is 4.42. The van der Waals surface area contributed by atoms with Crippen molar-refractivity contribution in [2.45, 2.75) is 57.5 Å². The van der Waals surface area contributed by atoms with E-state index in [0.29, 0.717) is 6.17 Å². The molecule has 0 aromatic heterocycles. The summed E-state index contributed by atoms with van der Waals surface area (Å²) in [6, 6.07) is 0. The maximum atomic E-state index is 4.42. The van der Waals surface area contributed by atoms with E-state index in [-0.39, 0.29) is 0 Å². The van der Waals surface area contributed by atoms with Crippen molar-refractivity contribution >= 4 is 0 Å². The molecule has 2 aliphatic heterocycles. The number of hydrogen-bond donors (Lipinski definition) is 0. The van der Waals surface area contributed by atoms with Crippen LogP contribution in [0.1, 0.15) is 51.4 Å². The molecule has 2 heterocycles. The lowest BCUT2D eigenvalue weighted by Gasteiger charge is -2.36. The highest BCUT2D eigenvalue weighted by Gasteiger charge is 2.22. The molecule has 2 nitrogen and oxygen atoms in total. The Bertz CT molecular complexity index is 157. The van der Waals surface area contributed by atoms with Crippen molar-refractivity contribution in [3.8, 4) is 0 Å². The van der Waals surface area contributed by atoms with Crippen LogP contribution >= 0.6 is 0 Å². The van der Waals surface area contributed by atoms with Gasteiger partial charge in [-0.3, -0.25) is 9.80 Å². The first-order valence-electron chi connectivity index (χ1n) is 7.19. The number of likely N-dealkylation sites (tertiary alicyclic amines) is 2. The van der Waals surface area contributed by atoms with Gasteiger partial charge >= 0.3 is 0 Å². The highest BCUT2D eigenvalue weighted by Crippen LogP contribution is 2.18. The van der Waals surface area contributed by atoms with Gasteiger partial charge in [-0.05, 0) is 58.8 Å². The third-order valence-corrected chi connectivity index (χ3v) is 4.12. The third kappa shape index (κ3) is 3.46. The normalized spacial score (nSPS) is 26.6. The van der Waals surface area contributed by atoms with Gasteiger partial charge in [0.1, 0.15) is 0 Å². The molecule has 93 valence electrons. The molecule has 0 N–H and O–H groups in total. The summed E-state index contributed by atoms with van der Waals surface area (Å²) < 4.78 is 0. The van der Waals surface area contributed by atoms with Crippen LogP contribution in [0, 0.1) is 6.92 Å². The van der Waals surface area contributed by atoms with Crippen LogP contribution < -0.4 is 0 Å². The molecule has 0 atom stereocenters. The number of nitrogens with zero attached hydrogens (tertiary/aromatic N) is 2. The summed E-state index contributed by atoms with van der Waals surface area (Å²) >= 11 is 0. The molecule has 0 aromatic carbocycles. The Kier molecular flexibility index (Phi) is 5.11. The van der Waals surface area contributed by atoms with Crippen LogP contribution in [0.2, 0.25) is 0 Å². The van der Waals surface area contributed by atoms with Gasteiger partial charge in [-0.1, -0.05) is 25.7 Å². The van der Waals surface area contributed by atoms with Crippen molar-refractivity contribution in [3.63, 3.8) is 0 Å². The van der Waals surface area contributed by atoms with Crippen molar-refractivity contribution in [3.05, 3.63) is 6.92 Å². The lowest BCUT2D eigenvalue weighted by atomic mass is 10.2. The first-order valence-corrected chi connectivity index (χ1v) is 7.19. The molecule has 0 unspecified atom stereocenters. The van der Waals surface area contributed by atoms with Crippen molar-refractivity contribution < 1.29 is 0 Å². The zero-order valence-electron chi connectivity index (χ0n) is 10.7. The van der Waals surface area contributed by atoms with Crippen LogP contribution in [0.4, 0.5) is 0 Å². The average molecular weight is 223 g/mol. The maximum Gasteiger partial charge on any atom is 0.0623 e. The summed E-state index contributed by atoms with van der Waals surface area (Å²) in [5.74, 6) is 0. The van der Waals surface area contributed by atoms with Crippen LogP contribution in [0.15, 0.2) is 0 Å². The van der Waals surface area contributed by atoms with Gasteiger partial charge in [-0.25, -0.2) is 0 Å². The first kappa shape index (κ1) is 12.4. The molecule has 0 saturated carbocycles. The molecule has 2 heteroatoms. The summed E-state index contributed by atoms with van der Waals surface area (Å²) in [5.41, 5.74) is 0. The van der Waals surface area contributed by atoms with Gasteiger partial charge in [0.25, 0.3) is 0 Å². The minimum Gasteiger partial charge on any atom is -0.288 e. The largest absolute Gasteiger partial charge is 0.288 e. The van der Waals surface area contributed by atoms with E-state index >= 15 is 0 Å². The predicted octanol–water partition coefficient (Wildman–Crippen LogP) is 2.90. The second-order valence-electron chi connectivity index (χ2n) is 5.38. The summed E-state index contributed by atoms with van der Waals surface area (Å²) in [7, 11) is 0. The second kappa shape index (κ2) is 6.61. The SMILES string of the molecule is [CH2]C(N1CCCCCC1)N1CCCCCC1. The zero-order chi connectivity index (χ0) is 11.2. The van der Waals surface area contributed by atoms with Crippen molar-refractivity contribution in [1.82, 2.24) is 9.80 Å². The fourth-order valence-corrected chi connectivity index (χ4v) is 3.02. The van der Waals surface area contributed by atoms with Crippen LogP contribution in [-0.2, 0) is 0 Å².